The molecule has 1 unspecified atom stereocenters. The molecule has 1 saturated heterocycles. The molecule has 0 radical (unpaired) electrons. The monoisotopic (exact) mass is 476 g/mol. The first-order chi connectivity index (χ1) is 15.9. The molecule has 8 heteroatoms. The average molecular weight is 477 g/mol. The molecule has 1 aromatic carbocycles. The molecule has 0 bridgehead atoms. The summed E-state index contributed by atoms with van der Waals surface area (Å²) >= 11 is 0. The van der Waals surface area contributed by atoms with Crippen molar-refractivity contribution in [3.05, 3.63) is 35.9 Å². The molecule has 1 aliphatic rings. The van der Waals surface area contributed by atoms with Crippen molar-refractivity contribution >= 4 is 18.0 Å². The number of nitrogens with zero attached hydrogens (tertiary/aromatic N) is 1. The molecule has 34 heavy (non-hydrogen) atoms. The fraction of sp³-hybridized carbons (Fsp3) is 0.654. The molecule has 0 spiro atoms. The maximum Gasteiger partial charge on any atom is 0.410 e. The molecular formula is C26H40N2O6. The molecule has 1 heterocycles. The van der Waals surface area contributed by atoms with E-state index in [0.29, 0.717) is 19.4 Å². The molecule has 8 nitrogen and oxygen atoms in total. The van der Waals surface area contributed by atoms with Crippen molar-refractivity contribution < 1.29 is 29.0 Å². The van der Waals surface area contributed by atoms with Gasteiger partial charge in [0, 0.05) is 13.1 Å². The van der Waals surface area contributed by atoms with E-state index in [2.05, 4.69) is 5.32 Å². The van der Waals surface area contributed by atoms with Crippen LogP contribution in [-0.2, 0) is 25.7 Å². The third kappa shape index (κ3) is 9.71. The Labute approximate surface area is 203 Å². The third-order valence-corrected chi connectivity index (χ3v) is 5.64. The molecule has 0 aromatic heterocycles. The summed E-state index contributed by atoms with van der Waals surface area (Å²) in [7, 11) is 0. The van der Waals surface area contributed by atoms with Crippen LogP contribution in [0.3, 0.4) is 0 Å². The van der Waals surface area contributed by atoms with Crippen LogP contribution >= 0.6 is 0 Å². The third-order valence-electron chi connectivity index (χ3n) is 5.64. The second-order valence-corrected chi connectivity index (χ2v) is 10.5. The van der Waals surface area contributed by atoms with Crippen molar-refractivity contribution in [1.82, 2.24) is 10.2 Å². The lowest BCUT2D eigenvalue weighted by atomic mass is 9.88. The van der Waals surface area contributed by atoms with Gasteiger partial charge in [-0.25, -0.2) is 4.79 Å². The smallest absolute Gasteiger partial charge is 0.410 e. The van der Waals surface area contributed by atoms with E-state index in [-0.39, 0.29) is 49.8 Å². The largest absolute Gasteiger partial charge is 0.460 e. The number of carbonyl (C=O) groups is 3. The van der Waals surface area contributed by atoms with E-state index in [1.807, 2.05) is 44.2 Å². The van der Waals surface area contributed by atoms with E-state index >= 15 is 0 Å². The van der Waals surface area contributed by atoms with Gasteiger partial charge >= 0.3 is 12.1 Å². The topological polar surface area (TPSA) is 105 Å². The normalized spacial score (nSPS) is 17.7. The Morgan fingerprint density at radius 1 is 1.21 bits per heavy atom. The Bertz CT molecular complexity index is 805. The summed E-state index contributed by atoms with van der Waals surface area (Å²) in [5, 5.41) is 13.9. The van der Waals surface area contributed by atoms with Crippen LogP contribution in [0.4, 0.5) is 4.79 Å². The second-order valence-electron chi connectivity index (χ2n) is 10.5. The van der Waals surface area contributed by atoms with Crippen molar-refractivity contribution in [2.75, 3.05) is 19.6 Å². The number of aliphatic hydroxyl groups is 1. The number of benzene rings is 1. The van der Waals surface area contributed by atoms with Gasteiger partial charge in [0.25, 0.3) is 0 Å². The molecule has 2 amide bonds. The maximum atomic E-state index is 13.0. The highest BCUT2D eigenvalue weighted by molar-refractivity contribution is 5.81. The van der Waals surface area contributed by atoms with Gasteiger partial charge in [-0.05, 0) is 51.0 Å². The highest BCUT2D eigenvalue weighted by Gasteiger charge is 2.33. The summed E-state index contributed by atoms with van der Waals surface area (Å²) in [5.74, 6) is -1.00. The first-order valence-electron chi connectivity index (χ1n) is 12.1. The summed E-state index contributed by atoms with van der Waals surface area (Å²) in [6.07, 6.45) is -0.304. The second kappa shape index (κ2) is 12.7. The van der Waals surface area contributed by atoms with Gasteiger partial charge in [-0.2, -0.15) is 0 Å². The summed E-state index contributed by atoms with van der Waals surface area (Å²) in [6, 6.07) is 9.32. The lowest BCUT2D eigenvalue weighted by Gasteiger charge is -2.31. The molecule has 0 aliphatic carbocycles. The number of aliphatic hydroxyl groups excluding tert-OH is 1. The van der Waals surface area contributed by atoms with Gasteiger partial charge in [-0.15, -0.1) is 0 Å². The van der Waals surface area contributed by atoms with Crippen LogP contribution in [0.5, 0.6) is 0 Å². The molecule has 1 aromatic rings. The number of hydrogen-bond acceptors (Lipinski definition) is 6. The molecule has 1 aliphatic heterocycles. The van der Waals surface area contributed by atoms with Gasteiger partial charge in [-0.3, -0.25) is 9.59 Å². The van der Waals surface area contributed by atoms with Crippen LogP contribution in [0.25, 0.3) is 0 Å². The van der Waals surface area contributed by atoms with E-state index in [9.17, 15) is 19.5 Å². The minimum Gasteiger partial charge on any atom is -0.460 e. The molecule has 2 N–H and O–H groups in total. The first-order valence-corrected chi connectivity index (χ1v) is 12.1. The minimum atomic E-state index is -0.969. The number of carbonyl (C=O) groups excluding carboxylic acids is 3. The molecule has 190 valence electrons. The Hall–Kier alpha value is -2.61. The van der Waals surface area contributed by atoms with Crippen LogP contribution in [0.15, 0.2) is 30.3 Å². The molecule has 3 atom stereocenters. The number of rotatable bonds is 11. The molecule has 1 fully saturated rings. The molecule has 2 rings (SSSR count). The van der Waals surface area contributed by atoms with Crippen LogP contribution in [0, 0.1) is 17.8 Å². The van der Waals surface area contributed by atoms with Crippen molar-refractivity contribution in [2.24, 2.45) is 17.8 Å². The average Bonchev–Trinajstić information content (AvgIpc) is 3.14. The number of esters is 1. The number of hydrogen-bond donors (Lipinski definition) is 2. The Morgan fingerprint density at radius 3 is 2.44 bits per heavy atom. The van der Waals surface area contributed by atoms with E-state index in [0.717, 1.165) is 5.56 Å². The van der Waals surface area contributed by atoms with Gasteiger partial charge in [0.05, 0.1) is 25.0 Å². The van der Waals surface area contributed by atoms with E-state index in [4.69, 9.17) is 9.47 Å². The van der Waals surface area contributed by atoms with Gasteiger partial charge in [0.15, 0.2) is 0 Å². The van der Waals surface area contributed by atoms with Crippen LogP contribution in [0.1, 0.15) is 59.4 Å². The number of amides is 2. The van der Waals surface area contributed by atoms with Gasteiger partial charge in [0.2, 0.25) is 5.91 Å². The fourth-order valence-corrected chi connectivity index (χ4v) is 4.07. The van der Waals surface area contributed by atoms with Gasteiger partial charge in [-0.1, -0.05) is 44.2 Å². The van der Waals surface area contributed by atoms with Crippen LogP contribution < -0.4 is 5.32 Å². The Kier molecular flexibility index (Phi) is 10.4. The zero-order valence-electron chi connectivity index (χ0n) is 21.1. The summed E-state index contributed by atoms with van der Waals surface area (Å²) in [4.78, 5) is 39.0. The predicted molar refractivity (Wildman–Crippen MR) is 129 cm³/mol. The molecule has 0 saturated carbocycles. The number of nitrogens with one attached hydrogen (secondary N) is 1. The lowest BCUT2D eigenvalue weighted by molar-refractivity contribution is -0.157. The Balaban J connectivity index is 2.10. The first kappa shape index (κ1) is 27.6. The van der Waals surface area contributed by atoms with Gasteiger partial charge in [0.1, 0.15) is 12.2 Å². The highest BCUT2D eigenvalue weighted by Crippen LogP contribution is 2.24. The SMILES string of the molecule is CC(C)C[C@H](CC(=O)OC(C)(C)C)C(O)CN(C[C@@H]1CCNC1=O)C(=O)OCc1ccccc1. The van der Waals surface area contributed by atoms with Gasteiger partial charge < -0.3 is 24.8 Å². The van der Waals surface area contributed by atoms with Crippen molar-refractivity contribution in [3.8, 4) is 0 Å². The van der Waals surface area contributed by atoms with Crippen molar-refractivity contribution in [3.63, 3.8) is 0 Å². The van der Waals surface area contributed by atoms with Crippen LogP contribution in [0.2, 0.25) is 0 Å². The van der Waals surface area contributed by atoms with Crippen LogP contribution in [-0.4, -0.2) is 59.3 Å². The lowest BCUT2D eigenvalue weighted by Crippen LogP contribution is -2.45. The molecular weight excluding hydrogens is 436 g/mol. The van der Waals surface area contributed by atoms with Crippen molar-refractivity contribution in [2.45, 2.75) is 72.2 Å². The zero-order chi connectivity index (χ0) is 25.3. The Morgan fingerprint density at radius 2 is 1.88 bits per heavy atom. The summed E-state index contributed by atoms with van der Waals surface area (Å²) in [5.41, 5.74) is 0.227. The maximum absolute atomic E-state index is 13.0. The summed E-state index contributed by atoms with van der Waals surface area (Å²) < 4.78 is 11.0. The fourth-order valence-electron chi connectivity index (χ4n) is 4.07. The number of ether oxygens (including phenoxy) is 2. The minimum absolute atomic E-state index is 0.0302. The quantitative estimate of drug-likeness (QED) is 0.474. The standard InChI is InChI=1S/C26H40N2O6/c1-18(2)13-21(14-23(30)34-26(3,4)5)22(29)16-28(15-20-11-12-27-24(20)31)25(32)33-17-19-9-7-6-8-10-19/h6-10,18,20-22,29H,11-17H2,1-5H3,(H,27,31)/t20-,21+,22?/m0/s1. The summed E-state index contributed by atoms with van der Waals surface area (Å²) in [6.45, 7) is 10.2. The van der Waals surface area contributed by atoms with E-state index in [1.165, 1.54) is 4.90 Å². The van der Waals surface area contributed by atoms with E-state index < -0.39 is 23.7 Å². The van der Waals surface area contributed by atoms with Crippen molar-refractivity contribution in [1.29, 1.82) is 0 Å². The predicted octanol–water partition coefficient (Wildman–Crippen LogP) is 3.52. The van der Waals surface area contributed by atoms with E-state index in [1.54, 1.807) is 20.8 Å². The zero-order valence-corrected chi connectivity index (χ0v) is 21.1. The highest BCUT2D eigenvalue weighted by atomic mass is 16.6.